The fourth-order valence-corrected chi connectivity index (χ4v) is 2.38. The molecule has 0 bridgehead atoms. The van der Waals surface area contributed by atoms with E-state index >= 15 is 0 Å². The lowest BCUT2D eigenvalue weighted by Crippen LogP contribution is -2.48. The number of rotatable bonds is 8. The van der Waals surface area contributed by atoms with E-state index in [0.29, 0.717) is 6.42 Å². The van der Waals surface area contributed by atoms with Gasteiger partial charge in [0.25, 0.3) is 5.92 Å². The molecule has 18 heavy (non-hydrogen) atoms. The zero-order valence-electron chi connectivity index (χ0n) is 10.2. The van der Waals surface area contributed by atoms with Gasteiger partial charge in [0, 0.05) is 0 Å². The molecule has 0 aromatic rings. The van der Waals surface area contributed by atoms with Crippen LogP contribution in [0.15, 0.2) is 0 Å². The highest BCUT2D eigenvalue weighted by Crippen LogP contribution is 2.09. The summed E-state index contributed by atoms with van der Waals surface area (Å²) >= 11 is 0. The SMILES string of the molecule is CCCS(=O)(=O)NC(C)C(=O)NCC(F)(F)CO. The van der Waals surface area contributed by atoms with Gasteiger partial charge >= 0.3 is 0 Å². The van der Waals surface area contributed by atoms with Gasteiger partial charge in [-0.15, -0.1) is 0 Å². The summed E-state index contributed by atoms with van der Waals surface area (Å²) in [6, 6.07) is -1.14. The third-order valence-electron chi connectivity index (χ3n) is 1.98. The summed E-state index contributed by atoms with van der Waals surface area (Å²) in [5, 5.41) is 10.2. The minimum absolute atomic E-state index is 0.141. The van der Waals surface area contributed by atoms with Crippen molar-refractivity contribution in [2.75, 3.05) is 18.9 Å². The predicted molar refractivity (Wildman–Crippen MR) is 61.7 cm³/mol. The largest absolute Gasteiger partial charge is 0.390 e. The number of carbonyl (C=O) groups excluding carboxylic acids is 1. The summed E-state index contributed by atoms with van der Waals surface area (Å²) in [6.07, 6.45) is 0.381. The van der Waals surface area contributed by atoms with E-state index in [1.165, 1.54) is 6.92 Å². The molecule has 6 nitrogen and oxygen atoms in total. The van der Waals surface area contributed by atoms with E-state index in [0.717, 1.165) is 0 Å². The number of hydrogen-bond donors (Lipinski definition) is 3. The van der Waals surface area contributed by atoms with Crippen molar-refractivity contribution in [1.82, 2.24) is 10.0 Å². The zero-order chi connectivity index (χ0) is 14.4. The van der Waals surface area contributed by atoms with Crippen LogP contribution in [-0.4, -0.2) is 50.3 Å². The topological polar surface area (TPSA) is 95.5 Å². The smallest absolute Gasteiger partial charge is 0.287 e. The number of carbonyl (C=O) groups is 1. The molecule has 0 aromatic heterocycles. The summed E-state index contributed by atoms with van der Waals surface area (Å²) in [4.78, 5) is 11.3. The number of aliphatic hydroxyl groups is 1. The van der Waals surface area contributed by atoms with Gasteiger partial charge in [-0.05, 0) is 13.3 Å². The van der Waals surface area contributed by atoms with Crippen LogP contribution < -0.4 is 10.0 Å². The van der Waals surface area contributed by atoms with Crippen LogP contribution in [0, 0.1) is 0 Å². The Bertz CT molecular complexity index is 373. The average molecular weight is 288 g/mol. The third kappa shape index (κ3) is 6.82. The Kier molecular flexibility index (Phi) is 6.64. The van der Waals surface area contributed by atoms with Crippen molar-refractivity contribution in [3.8, 4) is 0 Å². The minimum Gasteiger partial charge on any atom is -0.390 e. The number of nitrogens with one attached hydrogen (secondary N) is 2. The van der Waals surface area contributed by atoms with E-state index in [1.54, 1.807) is 6.92 Å². The normalized spacial score (nSPS) is 14.3. The average Bonchev–Trinajstić information content (AvgIpc) is 2.25. The summed E-state index contributed by atoms with van der Waals surface area (Å²) in [5.74, 6) is -4.43. The molecule has 0 aliphatic heterocycles. The van der Waals surface area contributed by atoms with E-state index in [-0.39, 0.29) is 5.75 Å². The van der Waals surface area contributed by atoms with E-state index in [2.05, 4.69) is 4.72 Å². The van der Waals surface area contributed by atoms with Crippen molar-refractivity contribution in [3.63, 3.8) is 0 Å². The first-order chi connectivity index (χ1) is 8.13. The van der Waals surface area contributed by atoms with E-state index in [4.69, 9.17) is 5.11 Å². The number of hydrogen-bond acceptors (Lipinski definition) is 4. The molecule has 3 N–H and O–H groups in total. The minimum atomic E-state index is -3.58. The number of alkyl halides is 2. The van der Waals surface area contributed by atoms with Gasteiger partial charge in [-0.3, -0.25) is 4.79 Å². The van der Waals surface area contributed by atoms with Gasteiger partial charge in [0.15, 0.2) is 0 Å². The molecule has 0 aliphatic rings. The lowest BCUT2D eigenvalue weighted by molar-refractivity contribution is -0.125. The molecule has 0 rings (SSSR count). The molecule has 0 saturated carbocycles. The monoisotopic (exact) mass is 288 g/mol. The number of aliphatic hydroxyl groups excluding tert-OH is 1. The molecule has 9 heteroatoms. The molecule has 0 radical (unpaired) electrons. The highest BCUT2D eigenvalue weighted by atomic mass is 32.2. The van der Waals surface area contributed by atoms with Crippen LogP contribution in [-0.2, 0) is 14.8 Å². The van der Waals surface area contributed by atoms with Crippen molar-refractivity contribution in [1.29, 1.82) is 0 Å². The number of amides is 1. The number of sulfonamides is 1. The Hall–Kier alpha value is -0.800. The van der Waals surface area contributed by atoms with E-state index in [1.807, 2.05) is 5.32 Å². The summed E-state index contributed by atoms with van der Waals surface area (Å²) in [5.41, 5.74) is 0. The standard InChI is InChI=1S/C9H18F2N2O4S/c1-3-4-18(16,17)13-7(2)8(15)12-5-9(10,11)6-14/h7,13-14H,3-6H2,1-2H3,(H,12,15). The molecule has 0 aromatic carbocycles. The van der Waals surface area contributed by atoms with Crippen LogP contribution in [0.5, 0.6) is 0 Å². The zero-order valence-corrected chi connectivity index (χ0v) is 11.1. The molecule has 1 atom stereocenters. The molecule has 0 saturated heterocycles. The highest BCUT2D eigenvalue weighted by molar-refractivity contribution is 7.89. The van der Waals surface area contributed by atoms with Crippen LogP contribution in [0.2, 0.25) is 0 Å². The predicted octanol–water partition coefficient (Wildman–Crippen LogP) is -0.552. The van der Waals surface area contributed by atoms with Crippen LogP contribution in [0.3, 0.4) is 0 Å². The van der Waals surface area contributed by atoms with Gasteiger partial charge in [-0.2, -0.15) is 0 Å². The van der Waals surface area contributed by atoms with Gasteiger partial charge in [0.1, 0.15) is 6.61 Å². The first kappa shape index (κ1) is 17.2. The van der Waals surface area contributed by atoms with Gasteiger partial charge in [-0.25, -0.2) is 21.9 Å². The van der Waals surface area contributed by atoms with Crippen LogP contribution in [0.4, 0.5) is 8.78 Å². The molecule has 1 unspecified atom stereocenters. The third-order valence-corrected chi connectivity index (χ3v) is 3.63. The molecule has 0 heterocycles. The molecule has 0 aliphatic carbocycles. The van der Waals surface area contributed by atoms with Gasteiger partial charge < -0.3 is 10.4 Å². The quantitative estimate of drug-likeness (QED) is 0.558. The summed E-state index contributed by atoms with van der Waals surface area (Å²) in [6.45, 7) is 0.483. The van der Waals surface area contributed by atoms with Crippen molar-refractivity contribution in [3.05, 3.63) is 0 Å². The van der Waals surface area contributed by atoms with Crippen molar-refractivity contribution < 1.29 is 27.1 Å². The lowest BCUT2D eigenvalue weighted by atomic mass is 10.3. The summed E-state index contributed by atoms with van der Waals surface area (Å²) < 4.78 is 50.0. The Labute approximate surface area is 105 Å². The molecule has 0 spiro atoms. The molecular weight excluding hydrogens is 270 g/mol. The Morgan fingerprint density at radius 1 is 1.44 bits per heavy atom. The molecule has 0 fully saturated rings. The fraction of sp³-hybridized carbons (Fsp3) is 0.889. The summed E-state index contributed by atoms with van der Waals surface area (Å²) in [7, 11) is -3.58. The lowest BCUT2D eigenvalue weighted by Gasteiger charge is -2.17. The second kappa shape index (κ2) is 6.95. The van der Waals surface area contributed by atoms with Gasteiger partial charge in [-0.1, -0.05) is 6.92 Å². The second-order valence-electron chi connectivity index (χ2n) is 3.89. The second-order valence-corrected chi connectivity index (χ2v) is 5.76. The maximum Gasteiger partial charge on any atom is 0.287 e. The molecule has 1 amide bonds. The molecular formula is C9H18F2N2O4S. The maximum absolute atomic E-state index is 12.6. The Morgan fingerprint density at radius 3 is 2.44 bits per heavy atom. The first-order valence-electron chi connectivity index (χ1n) is 5.40. The van der Waals surface area contributed by atoms with Gasteiger partial charge in [0.2, 0.25) is 15.9 Å². The fourth-order valence-electron chi connectivity index (χ4n) is 1.08. The van der Waals surface area contributed by atoms with Crippen molar-refractivity contribution in [2.24, 2.45) is 0 Å². The highest BCUT2D eigenvalue weighted by Gasteiger charge is 2.29. The molecule has 108 valence electrons. The van der Waals surface area contributed by atoms with E-state index in [9.17, 15) is 22.0 Å². The Morgan fingerprint density at radius 2 is 2.00 bits per heavy atom. The van der Waals surface area contributed by atoms with Gasteiger partial charge in [0.05, 0.1) is 18.3 Å². The first-order valence-corrected chi connectivity index (χ1v) is 7.05. The van der Waals surface area contributed by atoms with Crippen molar-refractivity contribution in [2.45, 2.75) is 32.2 Å². The van der Waals surface area contributed by atoms with Crippen molar-refractivity contribution >= 4 is 15.9 Å². The van der Waals surface area contributed by atoms with Crippen LogP contribution >= 0.6 is 0 Å². The maximum atomic E-state index is 12.6. The number of halogens is 2. The van der Waals surface area contributed by atoms with Crippen LogP contribution in [0.1, 0.15) is 20.3 Å². The van der Waals surface area contributed by atoms with Crippen LogP contribution in [0.25, 0.3) is 0 Å². The Balaban J connectivity index is 4.28. The van der Waals surface area contributed by atoms with E-state index < -0.39 is 41.0 Å².